The predicted octanol–water partition coefficient (Wildman–Crippen LogP) is 2.48. The van der Waals surface area contributed by atoms with E-state index in [9.17, 15) is 4.39 Å². The second-order valence-electron chi connectivity index (χ2n) is 2.43. The fourth-order valence-corrected chi connectivity index (χ4v) is 1.28. The molecule has 68 valence electrons. The molecule has 0 saturated carbocycles. The number of halogens is 2. The van der Waals surface area contributed by atoms with E-state index in [4.69, 9.17) is 22.1 Å². The molecule has 1 N–H and O–H groups in total. The van der Waals surface area contributed by atoms with Gasteiger partial charge in [-0.1, -0.05) is 16.8 Å². The minimum atomic E-state index is -0.515. The van der Waals surface area contributed by atoms with Gasteiger partial charge in [-0.25, -0.2) is 4.39 Å². The summed E-state index contributed by atoms with van der Waals surface area (Å²) in [5.74, 6) is -0.515. The van der Waals surface area contributed by atoms with Crippen molar-refractivity contribution in [3.63, 3.8) is 0 Å². The zero-order valence-corrected chi connectivity index (χ0v) is 7.35. The smallest absolute Gasteiger partial charge is 0.125 e. The average Bonchev–Trinajstić information content (AvgIpc) is 2.12. The maximum atomic E-state index is 13.0. The van der Waals surface area contributed by atoms with Crippen LogP contribution in [0, 0.1) is 11.3 Å². The first-order valence-corrected chi connectivity index (χ1v) is 3.91. The number of allylic oxidation sites excluding steroid dienone is 4. The lowest BCUT2D eigenvalue weighted by molar-refractivity contribution is 0.318. The molecule has 0 aliphatic heterocycles. The van der Waals surface area contributed by atoms with Crippen molar-refractivity contribution >= 4 is 17.3 Å². The molecule has 13 heavy (non-hydrogen) atoms. The number of oxime groups is 1. The van der Waals surface area contributed by atoms with Gasteiger partial charge in [0, 0.05) is 12.0 Å². The summed E-state index contributed by atoms with van der Waals surface area (Å²) in [6.07, 6.45) is 1.25. The molecule has 0 spiro atoms. The van der Waals surface area contributed by atoms with Crippen LogP contribution in [0.4, 0.5) is 4.39 Å². The van der Waals surface area contributed by atoms with Crippen LogP contribution in [-0.2, 0) is 0 Å². The van der Waals surface area contributed by atoms with E-state index < -0.39 is 5.83 Å². The van der Waals surface area contributed by atoms with Gasteiger partial charge in [0.25, 0.3) is 0 Å². The minimum Gasteiger partial charge on any atom is -0.411 e. The highest BCUT2D eigenvalue weighted by atomic mass is 35.5. The maximum absolute atomic E-state index is 13.0. The Morgan fingerprint density at radius 3 is 3.00 bits per heavy atom. The van der Waals surface area contributed by atoms with Gasteiger partial charge < -0.3 is 5.21 Å². The van der Waals surface area contributed by atoms with Crippen LogP contribution >= 0.6 is 11.6 Å². The monoisotopic (exact) mass is 200 g/mol. The Hall–Kier alpha value is -1.34. The minimum absolute atomic E-state index is 0.0315. The summed E-state index contributed by atoms with van der Waals surface area (Å²) in [5, 5.41) is 19.8. The van der Waals surface area contributed by atoms with Gasteiger partial charge in [-0.15, -0.1) is 0 Å². The quantitative estimate of drug-likeness (QED) is 0.522. The molecule has 1 aliphatic rings. The molecular weight excluding hydrogens is 195 g/mol. The summed E-state index contributed by atoms with van der Waals surface area (Å²) >= 11 is 5.68. The second-order valence-corrected chi connectivity index (χ2v) is 2.81. The third kappa shape index (κ3) is 1.87. The first-order valence-electron chi connectivity index (χ1n) is 3.53. The summed E-state index contributed by atoms with van der Waals surface area (Å²) in [4.78, 5) is 0. The Bertz CT molecular complexity index is 352. The van der Waals surface area contributed by atoms with E-state index >= 15 is 0 Å². The summed E-state index contributed by atoms with van der Waals surface area (Å²) in [6, 6.07) is 1.78. The fourth-order valence-electron chi connectivity index (χ4n) is 1.00. The van der Waals surface area contributed by atoms with Crippen molar-refractivity contribution in [1.82, 2.24) is 0 Å². The van der Waals surface area contributed by atoms with Crippen LogP contribution in [0.5, 0.6) is 0 Å². The number of hydrogen-bond acceptors (Lipinski definition) is 3. The predicted molar refractivity (Wildman–Crippen MR) is 46.1 cm³/mol. The molecule has 1 rings (SSSR count). The SMILES string of the molecule is N#CCC1=C(Cl)C(=NO)CC=C1F. The normalized spacial score (nSPS) is 20.1. The van der Waals surface area contributed by atoms with Gasteiger partial charge >= 0.3 is 0 Å². The van der Waals surface area contributed by atoms with Crippen molar-refractivity contribution in [3.05, 3.63) is 22.5 Å². The molecule has 0 aromatic carbocycles. The molecule has 0 heterocycles. The van der Waals surface area contributed by atoms with Crippen LogP contribution in [0.15, 0.2) is 27.7 Å². The van der Waals surface area contributed by atoms with Gasteiger partial charge in [-0.05, 0) is 6.08 Å². The Labute approximate surface area is 79.4 Å². The first-order chi connectivity index (χ1) is 6.20. The molecule has 0 aromatic rings. The summed E-state index contributed by atoms with van der Waals surface area (Å²) in [5.41, 5.74) is 0.275. The van der Waals surface area contributed by atoms with Crippen LogP contribution < -0.4 is 0 Å². The van der Waals surface area contributed by atoms with E-state index in [1.165, 1.54) is 6.08 Å². The number of rotatable bonds is 1. The number of nitrogens with zero attached hydrogens (tertiary/aromatic N) is 2. The molecule has 0 bridgehead atoms. The largest absolute Gasteiger partial charge is 0.411 e. The van der Waals surface area contributed by atoms with E-state index in [0.29, 0.717) is 0 Å². The highest BCUT2D eigenvalue weighted by molar-refractivity contribution is 6.44. The van der Waals surface area contributed by atoms with Gasteiger partial charge in [0.1, 0.15) is 11.5 Å². The lowest BCUT2D eigenvalue weighted by atomic mass is 10.0. The van der Waals surface area contributed by atoms with Crippen LogP contribution in [0.2, 0.25) is 0 Å². The topological polar surface area (TPSA) is 56.4 Å². The van der Waals surface area contributed by atoms with Gasteiger partial charge in [-0.3, -0.25) is 0 Å². The molecule has 0 amide bonds. The Morgan fingerprint density at radius 1 is 1.77 bits per heavy atom. The molecule has 3 nitrogen and oxygen atoms in total. The van der Waals surface area contributed by atoms with Gasteiger partial charge in [-0.2, -0.15) is 5.26 Å². The van der Waals surface area contributed by atoms with Crippen molar-refractivity contribution < 1.29 is 9.60 Å². The summed E-state index contributed by atoms with van der Waals surface area (Å²) in [7, 11) is 0. The second kappa shape index (κ2) is 4.06. The zero-order chi connectivity index (χ0) is 9.84. The van der Waals surface area contributed by atoms with Crippen molar-refractivity contribution in [2.75, 3.05) is 0 Å². The number of nitriles is 1. The highest BCUT2D eigenvalue weighted by Crippen LogP contribution is 2.29. The van der Waals surface area contributed by atoms with Gasteiger partial charge in [0.2, 0.25) is 0 Å². The third-order valence-corrected chi connectivity index (χ3v) is 2.10. The lowest BCUT2D eigenvalue weighted by Gasteiger charge is -2.11. The van der Waals surface area contributed by atoms with Crippen LogP contribution in [0.3, 0.4) is 0 Å². The number of hydrogen-bond donors (Lipinski definition) is 1. The van der Waals surface area contributed by atoms with Crippen molar-refractivity contribution in [3.8, 4) is 6.07 Å². The average molecular weight is 201 g/mol. The summed E-state index contributed by atoms with van der Waals surface area (Å²) in [6.45, 7) is 0. The van der Waals surface area contributed by atoms with Crippen LogP contribution in [-0.4, -0.2) is 10.9 Å². The van der Waals surface area contributed by atoms with Gasteiger partial charge in [0.15, 0.2) is 0 Å². The first kappa shape index (κ1) is 9.75. The lowest BCUT2D eigenvalue weighted by Crippen LogP contribution is -2.06. The van der Waals surface area contributed by atoms with Gasteiger partial charge in [0.05, 0.1) is 17.5 Å². The van der Waals surface area contributed by atoms with Crippen molar-refractivity contribution in [2.45, 2.75) is 12.8 Å². The van der Waals surface area contributed by atoms with E-state index in [0.717, 1.165) is 0 Å². The van der Waals surface area contributed by atoms with E-state index in [1.807, 2.05) is 0 Å². The van der Waals surface area contributed by atoms with E-state index in [1.54, 1.807) is 6.07 Å². The standard InChI is InChI=1S/C8H6ClFN2O/c9-8-5(3-4-11)6(10)1-2-7(8)12-13/h1,13H,2-3H2. The molecule has 0 saturated heterocycles. The Morgan fingerprint density at radius 2 is 2.46 bits per heavy atom. The van der Waals surface area contributed by atoms with Crippen molar-refractivity contribution in [1.29, 1.82) is 5.26 Å². The Balaban J connectivity index is 3.10. The highest BCUT2D eigenvalue weighted by Gasteiger charge is 2.19. The maximum Gasteiger partial charge on any atom is 0.125 e. The summed E-state index contributed by atoms with van der Waals surface area (Å²) < 4.78 is 13.0. The van der Waals surface area contributed by atoms with Crippen molar-refractivity contribution in [2.24, 2.45) is 5.16 Å². The zero-order valence-electron chi connectivity index (χ0n) is 6.59. The molecule has 1 aliphatic carbocycles. The fraction of sp³-hybridized carbons (Fsp3) is 0.250. The molecular formula is C8H6ClFN2O. The molecule has 0 atom stereocenters. The molecule has 0 unspecified atom stereocenters. The van der Waals surface area contributed by atoms with Crippen LogP contribution in [0.1, 0.15) is 12.8 Å². The van der Waals surface area contributed by atoms with E-state index in [2.05, 4.69) is 5.16 Å². The van der Waals surface area contributed by atoms with E-state index in [-0.39, 0.29) is 29.2 Å². The van der Waals surface area contributed by atoms with Crippen LogP contribution in [0.25, 0.3) is 0 Å². The Kier molecular flexibility index (Phi) is 3.04. The molecule has 0 aromatic heterocycles. The third-order valence-electron chi connectivity index (χ3n) is 1.66. The molecule has 0 radical (unpaired) electrons. The molecule has 0 fully saturated rings. The molecule has 5 heteroatoms.